The summed E-state index contributed by atoms with van der Waals surface area (Å²) in [6, 6.07) is 12.8. The highest BCUT2D eigenvalue weighted by Crippen LogP contribution is 2.25. The maximum Gasteiger partial charge on any atom is 0.0617 e. The van der Waals surface area contributed by atoms with Gasteiger partial charge in [-0.1, -0.05) is 18.2 Å². The minimum absolute atomic E-state index is 0.838. The number of nitrogens with zero attached hydrogens (tertiary/aromatic N) is 3. The number of aryl methyl sites for hydroxylation is 1. The molecule has 0 N–H and O–H groups in total. The maximum atomic E-state index is 4.63. The lowest BCUT2D eigenvalue weighted by molar-refractivity contribution is 0.576. The number of aromatic nitrogens is 1. The lowest BCUT2D eigenvalue weighted by Crippen LogP contribution is -2.30. The van der Waals surface area contributed by atoms with Gasteiger partial charge in [0.2, 0.25) is 0 Å². The standard InChI is InChI=1S/C19H25N3/c1-16-14-20-17(13-19(16)22-11-7-4-8-12-22)15-21(2)18-9-5-3-6-10-18/h3,5-6,9-10,13-14H,4,7-8,11-12,15H2,1-2H3. The van der Waals surface area contributed by atoms with Crippen LogP contribution >= 0.6 is 0 Å². The Balaban J connectivity index is 1.77. The van der Waals surface area contributed by atoms with E-state index in [2.05, 4.69) is 65.2 Å². The smallest absolute Gasteiger partial charge is 0.0617 e. The molecule has 1 fully saturated rings. The summed E-state index contributed by atoms with van der Waals surface area (Å²) in [7, 11) is 2.12. The van der Waals surface area contributed by atoms with Crippen molar-refractivity contribution in [2.45, 2.75) is 32.7 Å². The zero-order valence-electron chi connectivity index (χ0n) is 13.6. The zero-order chi connectivity index (χ0) is 15.4. The van der Waals surface area contributed by atoms with Crippen LogP contribution in [0.3, 0.4) is 0 Å². The van der Waals surface area contributed by atoms with Crippen molar-refractivity contribution in [3.05, 3.63) is 53.9 Å². The van der Waals surface area contributed by atoms with Crippen molar-refractivity contribution in [1.82, 2.24) is 4.98 Å². The molecule has 3 nitrogen and oxygen atoms in total. The summed E-state index contributed by atoms with van der Waals surface area (Å²) < 4.78 is 0. The van der Waals surface area contributed by atoms with E-state index in [0.29, 0.717) is 0 Å². The third-order valence-corrected chi connectivity index (χ3v) is 4.42. The fraction of sp³-hybridized carbons (Fsp3) is 0.421. The van der Waals surface area contributed by atoms with E-state index in [1.165, 1.54) is 49.3 Å². The normalized spacial score (nSPS) is 14.9. The van der Waals surface area contributed by atoms with Crippen LogP contribution in [-0.2, 0) is 6.54 Å². The van der Waals surface area contributed by atoms with E-state index in [1.54, 1.807) is 0 Å². The molecule has 2 heterocycles. The molecule has 0 aliphatic carbocycles. The van der Waals surface area contributed by atoms with Gasteiger partial charge in [-0.05, 0) is 49.9 Å². The molecule has 0 unspecified atom stereocenters. The molecule has 0 amide bonds. The van der Waals surface area contributed by atoms with Crippen molar-refractivity contribution < 1.29 is 0 Å². The van der Waals surface area contributed by atoms with Crippen LogP contribution in [-0.4, -0.2) is 25.1 Å². The van der Waals surface area contributed by atoms with Crippen molar-refractivity contribution in [3.8, 4) is 0 Å². The molecule has 1 aromatic carbocycles. The maximum absolute atomic E-state index is 4.63. The first-order valence-electron chi connectivity index (χ1n) is 8.21. The minimum Gasteiger partial charge on any atom is -0.371 e. The number of hydrogen-bond acceptors (Lipinski definition) is 3. The van der Waals surface area contributed by atoms with Crippen LogP contribution in [0.4, 0.5) is 11.4 Å². The van der Waals surface area contributed by atoms with Gasteiger partial charge < -0.3 is 9.80 Å². The van der Waals surface area contributed by atoms with Gasteiger partial charge in [0.1, 0.15) is 0 Å². The molecule has 0 radical (unpaired) electrons. The number of rotatable bonds is 4. The molecule has 1 saturated heterocycles. The van der Waals surface area contributed by atoms with E-state index in [4.69, 9.17) is 0 Å². The molecule has 3 rings (SSSR count). The Morgan fingerprint density at radius 2 is 1.82 bits per heavy atom. The summed E-state index contributed by atoms with van der Waals surface area (Å²) in [5, 5.41) is 0. The van der Waals surface area contributed by atoms with E-state index >= 15 is 0 Å². The number of pyridine rings is 1. The van der Waals surface area contributed by atoms with Gasteiger partial charge in [0, 0.05) is 37.7 Å². The second-order valence-electron chi connectivity index (χ2n) is 6.20. The van der Waals surface area contributed by atoms with Crippen LogP contribution in [0.15, 0.2) is 42.6 Å². The Bertz CT molecular complexity index is 603. The largest absolute Gasteiger partial charge is 0.371 e. The van der Waals surface area contributed by atoms with Crippen molar-refractivity contribution in [2.75, 3.05) is 29.9 Å². The first-order valence-corrected chi connectivity index (χ1v) is 8.21. The summed E-state index contributed by atoms with van der Waals surface area (Å²) in [4.78, 5) is 9.40. The first kappa shape index (κ1) is 14.9. The zero-order valence-corrected chi connectivity index (χ0v) is 13.6. The van der Waals surface area contributed by atoms with E-state index in [-0.39, 0.29) is 0 Å². The highest BCUT2D eigenvalue weighted by Gasteiger charge is 2.14. The Labute approximate surface area is 133 Å². The molecular weight excluding hydrogens is 270 g/mol. The van der Waals surface area contributed by atoms with Gasteiger partial charge in [-0.15, -0.1) is 0 Å². The van der Waals surface area contributed by atoms with E-state index in [1.807, 2.05) is 6.20 Å². The second kappa shape index (κ2) is 6.82. The topological polar surface area (TPSA) is 19.4 Å². The Morgan fingerprint density at radius 1 is 1.09 bits per heavy atom. The molecule has 1 aromatic heterocycles. The Kier molecular flexibility index (Phi) is 4.62. The number of anilines is 2. The predicted octanol–water partition coefficient (Wildman–Crippen LogP) is 4.02. The highest BCUT2D eigenvalue weighted by molar-refractivity contribution is 5.54. The number of piperidine rings is 1. The molecule has 0 bridgehead atoms. The molecule has 1 aliphatic heterocycles. The van der Waals surface area contributed by atoms with Gasteiger partial charge in [0.25, 0.3) is 0 Å². The lowest BCUT2D eigenvalue weighted by Gasteiger charge is -2.30. The van der Waals surface area contributed by atoms with Crippen LogP contribution in [0, 0.1) is 6.92 Å². The van der Waals surface area contributed by atoms with E-state index in [0.717, 1.165) is 12.2 Å². The van der Waals surface area contributed by atoms with Gasteiger partial charge in [0.05, 0.1) is 12.2 Å². The molecule has 0 atom stereocenters. The molecule has 116 valence electrons. The predicted molar refractivity (Wildman–Crippen MR) is 93.6 cm³/mol. The summed E-state index contributed by atoms with van der Waals surface area (Å²) in [5.74, 6) is 0. The molecule has 3 heteroatoms. The summed E-state index contributed by atoms with van der Waals surface area (Å²) >= 11 is 0. The van der Waals surface area contributed by atoms with Crippen molar-refractivity contribution in [2.24, 2.45) is 0 Å². The molecule has 1 aliphatic rings. The fourth-order valence-electron chi connectivity index (χ4n) is 3.13. The number of hydrogen-bond donors (Lipinski definition) is 0. The number of para-hydroxylation sites is 1. The third-order valence-electron chi connectivity index (χ3n) is 4.42. The third kappa shape index (κ3) is 3.41. The minimum atomic E-state index is 0.838. The van der Waals surface area contributed by atoms with Gasteiger partial charge in [-0.25, -0.2) is 0 Å². The molecule has 0 spiro atoms. The van der Waals surface area contributed by atoms with Crippen LogP contribution in [0.25, 0.3) is 0 Å². The summed E-state index contributed by atoms with van der Waals surface area (Å²) in [6.07, 6.45) is 6.00. The van der Waals surface area contributed by atoms with Gasteiger partial charge in [-0.2, -0.15) is 0 Å². The molecular formula is C19H25N3. The monoisotopic (exact) mass is 295 g/mol. The quantitative estimate of drug-likeness (QED) is 0.849. The van der Waals surface area contributed by atoms with Crippen LogP contribution < -0.4 is 9.80 Å². The highest BCUT2D eigenvalue weighted by atomic mass is 15.1. The number of benzene rings is 1. The Hall–Kier alpha value is -2.03. The average molecular weight is 295 g/mol. The SMILES string of the molecule is Cc1cnc(CN(C)c2ccccc2)cc1N1CCCCC1. The summed E-state index contributed by atoms with van der Waals surface area (Å²) in [5.41, 5.74) is 5.01. The van der Waals surface area contributed by atoms with E-state index < -0.39 is 0 Å². The van der Waals surface area contributed by atoms with Crippen molar-refractivity contribution >= 4 is 11.4 Å². The van der Waals surface area contributed by atoms with Crippen LogP contribution in [0.2, 0.25) is 0 Å². The van der Waals surface area contributed by atoms with Crippen molar-refractivity contribution in [3.63, 3.8) is 0 Å². The summed E-state index contributed by atoms with van der Waals surface area (Å²) in [6.45, 7) is 5.37. The van der Waals surface area contributed by atoms with Gasteiger partial charge >= 0.3 is 0 Å². The molecule has 0 saturated carbocycles. The average Bonchev–Trinajstić information content (AvgIpc) is 2.58. The second-order valence-corrected chi connectivity index (χ2v) is 6.20. The van der Waals surface area contributed by atoms with E-state index in [9.17, 15) is 0 Å². The first-order chi connectivity index (χ1) is 10.7. The lowest BCUT2D eigenvalue weighted by atomic mass is 10.1. The molecule has 2 aromatic rings. The van der Waals surface area contributed by atoms with Gasteiger partial charge in [-0.3, -0.25) is 4.98 Å². The van der Waals surface area contributed by atoms with Crippen LogP contribution in [0.1, 0.15) is 30.5 Å². The van der Waals surface area contributed by atoms with Crippen molar-refractivity contribution in [1.29, 1.82) is 0 Å². The molecule has 22 heavy (non-hydrogen) atoms. The van der Waals surface area contributed by atoms with Crippen LogP contribution in [0.5, 0.6) is 0 Å². The van der Waals surface area contributed by atoms with Gasteiger partial charge in [0.15, 0.2) is 0 Å². The Morgan fingerprint density at radius 3 is 2.55 bits per heavy atom. The fourth-order valence-corrected chi connectivity index (χ4v) is 3.13.